The van der Waals surface area contributed by atoms with Gasteiger partial charge < -0.3 is 19.3 Å². The van der Waals surface area contributed by atoms with Crippen LogP contribution in [0.5, 0.6) is 0 Å². The molecule has 0 aromatic rings. The number of likely N-dealkylation sites (tertiary alicyclic amines) is 1. The first-order chi connectivity index (χ1) is 10.6. The second-order valence-electron chi connectivity index (χ2n) is 7.85. The molecule has 0 bridgehead atoms. The molecular weight excluding hydrogens is 296 g/mol. The van der Waals surface area contributed by atoms with Crippen LogP contribution in [0, 0.1) is 5.92 Å². The van der Waals surface area contributed by atoms with E-state index in [1.165, 1.54) is 0 Å². The molecule has 6 heteroatoms. The Morgan fingerprint density at radius 2 is 1.61 bits per heavy atom. The van der Waals surface area contributed by atoms with E-state index >= 15 is 0 Å². The van der Waals surface area contributed by atoms with Crippen molar-refractivity contribution in [2.45, 2.75) is 65.3 Å². The first-order valence-corrected chi connectivity index (χ1v) is 8.55. The molecule has 2 unspecified atom stereocenters. The molecule has 0 spiro atoms. The topological polar surface area (TPSA) is 59.1 Å². The van der Waals surface area contributed by atoms with Crippen LogP contribution in [0.1, 0.15) is 47.5 Å². The SMILES string of the molecule is CC1CN(C(=O)CCC2CN(C(=O)OC(C)(C)C)C2)CC(C)O1. The fourth-order valence-corrected chi connectivity index (χ4v) is 3.10. The Kier molecular flexibility index (Phi) is 5.55. The van der Waals surface area contributed by atoms with Crippen LogP contribution in [0.4, 0.5) is 4.79 Å². The van der Waals surface area contributed by atoms with Gasteiger partial charge in [-0.1, -0.05) is 0 Å². The Hall–Kier alpha value is -1.30. The second kappa shape index (κ2) is 7.07. The summed E-state index contributed by atoms with van der Waals surface area (Å²) in [6.45, 7) is 12.3. The Balaban J connectivity index is 1.66. The van der Waals surface area contributed by atoms with Crippen LogP contribution in [0.15, 0.2) is 0 Å². The van der Waals surface area contributed by atoms with Crippen LogP contribution in [-0.4, -0.2) is 65.8 Å². The highest BCUT2D eigenvalue weighted by atomic mass is 16.6. The molecule has 0 saturated carbocycles. The van der Waals surface area contributed by atoms with E-state index < -0.39 is 5.60 Å². The molecule has 2 fully saturated rings. The molecule has 2 aliphatic rings. The Labute approximate surface area is 139 Å². The van der Waals surface area contributed by atoms with Crippen LogP contribution < -0.4 is 0 Å². The largest absolute Gasteiger partial charge is 0.444 e. The van der Waals surface area contributed by atoms with Gasteiger partial charge in [-0.2, -0.15) is 0 Å². The number of hydrogen-bond acceptors (Lipinski definition) is 4. The average Bonchev–Trinajstić information content (AvgIpc) is 2.33. The highest BCUT2D eigenvalue weighted by molar-refractivity contribution is 5.76. The van der Waals surface area contributed by atoms with Crippen molar-refractivity contribution in [2.75, 3.05) is 26.2 Å². The van der Waals surface area contributed by atoms with E-state index in [-0.39, 0.29) is 24.2 Å². The smallest absolute Gasteiger partial charge is 0.410 e. The van der Waals surface area contributed by atoms with Gasteiger partial charge in [0, 0.05) is 32.6 Å². The Morgan fingerprint density at radius 1 is 1.04 bits per heavy atom. The molecular formula is C17H30N2O4. The maximum Gasteiger partial charge on any atom is 0.410 e. The number of carbonyl (C=O) groups excluding carboxylic acids is 2. The van der Waals surface area contributed by atoms with Crippen molar-refractivity contribution < 1.29 is 19.1 Å². The molecule has 132 valence electrons. The lowest BCUT2D eigenvalue weighted by Gasteiger charge is -2.40. The fraction of sp³-hybridized carbons (Fsp3) is 0.882. The van der Waals surface area contributed by atoms with Crippen molar-refractivity contribution in [1.82, 2.24) is 9.80 Å². The minimum Gasteiger partial charge on any atom is -0.444 e. The molecule has 0 N–H and O–H groups in total. The molecule has 0 aromatic carbocycles. The van der Waals surface area contributed by atoms with Crippen molar-refractivity contribution in [3.8, 4) is 0 Å². The van der Waals surface area contributed by atoms with Gasteiger partial charge in [0.1, 0.15) is 5.60 Å². The third-order valence-corrected chi connectivity index (χ3v) is 4.15. The van der Waals surface area contributed by atoms with E-state index in [2.05, 4.69) is 0 Å². The van der Waals surface area contributed by atoms with E-state index in [1.807, 2.05) is 39.5 Å². The predicted octanol–water partition coefficient (Wildman–Crippen LogP) is 2.27. The summed E-state index contributed by atoms with van der Waals surface area (Å²) in [6.07, 6.45) is 1.34. The number of amides is 2. The average molecular weight is 326 g/mol. The summed E-state index contributed by atoms with van der Waals surface area (Å²) < 4.78 is 11.0. The van der Waals surface area contributed by atoms with Crippen LogP contribution in [0.25, 0.3) is 0 Å². The van der Waals surface area contributed by atoms with E-state index in [4.69, 9.17) is 9.47 Å². The lowest BCUT2D eigenvalue weighted by atomic mass is 9.94. The standard InChI is InChI=1S/C17H30N2O4/c1-12-8-18(9-13(2)22-12)15(20)7-6-14-10-19(11-14)16(21)23-17(3,4)5/h12-14H,6-11H2,1-5H3. The van der Waals surface area contributed by atoms with Crippen molar-refractivity contribution >= 4 is 12.0 Å². The lowest BCUT2D eigenvalue weighted by molar-refractivity contribution is -0.143. The molecule has 0 radical (unpaired) electrons. The molecule has 2 aliphatic heterocycles. The third-order valence-electron chi connectivity index (χ3n) is 4.15. The van der Waals surface area contributed by atoms with E-state index in [1.54, 1.807) is 4.90 Å². The predicted molar refractivity (Wildman–Crippen MR) is 87.1 cm³/mol. The summed E-state index contributed by atoms with van der Waals surface area (Å²) in [4.78, 5) is 27.8. The molecule has 2 saturated heterocycles. The minimum absolute atomic E-state index is 0.106. The zero-order valence-corrected chi connectivity index (χ0v) is 15.0. The normalized spacial score (nSPS) is 26.0. The van der Waals surface area contributed by atoms with Crippen molar-refractivity contribution in [3.63, 3.8) is 0 Å². The number of ether oxygens (including phenoxy) is 2. The van der Waals surface area contributed by atoms with E-state index in [0.29, 0.717) is 38.5 Å². The number of morpholine rings is 1. The number of carbonyl (C=O) groups is 2. The van der Waals surface area contributed by atoms with Gasteiger partial charge in [0.15, 0.2) is 0 Å². The van der Waals surface area contributed by atoms with Gasteiger partial charge >= 0.3 is 6.09 Å². The lowest BCUT2D eigenvalue weighted by Crippen LogP contribution is -2.52. The summed E-state index contributed by atoms with van der Waals surface area (Å²) in [6, 6.07) is 0. The molecule has 2 rings (SSSR count). The molecule has 2 heterocycles. The van der Waals surface area contributed by atoms with Gasteiger partial charge in [-0.05, 0) is 47.0 Å². The van der Waals surface area contributed by atoms with Crippen LogP contribution in [0.2, 0.25) is 0 Å². The molecule has 0 aliphatic carbocycles. The summed E-state index contributed by atoms with van der Waals surface area (Å²) in [5.74, 6) is 0.602. The number of rotatable bonds is 3. The molecule has 0 aromatic heterocycles. The van der Waals surface area contributed by atoms with Gasteiger partial charge in [-0.15, -0.1) is 0 Å². The number of nitrogens with zero attached hydrogens (tertiary/aromatic N) is 2. The second-order valence-corrected chi connectivity index (χ2v) is 7.85. The summed E-state index contributed by atoms with van der Waals surface area (Å²) in [5.41, 5.74) is -0.456. The van der Waals surface area contributed by atoms with E-state index in [9.17, 15) is 9.59 Å². The third kappa shape index (κ3) is 5.37. The number of hydrogen-bond donors (Lipinski definition) is 0. The summed E-state index contributed by atoms with van der Waals surface area (Å²) in [7, 11) is 0. The van der Waals surface area contributed by atoms with Gasteiger partial charge in [-0.25, -0.2) is 4.79 Å². The monoisotopic (exact) mass is 326 g/mol. The van der Waals surface area contributed by atoms with Crippen molar-refractivity contribution in [3.05, 3.63) is 0 Å². The molecule has 2 amide bonds. The van der Waals surface area contributed by atoms with Gasteiger partial charge in [0.2, 0.25) is 5.91 Å². The van der Waals surface area contributed by atoms with Gasteiger partial charge in [0.25, 0.3) is 0 Å². The fourth-order valence-electron chi connectivity index (χ4n) is 3.10. The van der Waals surface area contributed by atoms with Crippen LogP contribution >= 0.6 is 0 Å². The minimum atomic E-state index is -0.456. The van der Waals surface area contributed by atoms with Crippen molar-refractivity contribution in [1.29, 1.82) is 0 Å². The van der Waals surface area contributed by atoms with Gasteiger partial charge in [-0.3, -0.25) is 4.79 Å². The maximum absolute atomic E-state index is 12.3. The first-order valence-electron chi connectivity index (χ1n) is 8.55. The maximum atomic E-state index is 12.3. The van der Waals surface area contributed by atoms with E-state index in [0.717, 1.165) is 6.42 Å². The Bertz CT molecular complexity index is 430. The van der Waals surface area contributed by atoms with Gasteiger partial charge in [0.05, 0.1) is 12.2 Å². The molecule has 2 atom stereocenters. The highest BCUT2D eigenvalue weighted by Crippen LogP contribution is 2.24. The van der Waals surface area contributed by atoms with Crippen LogP contribution in [-0.2, 0) is 14.3 Å². The Morgan fingerprint density at radius 3 is 2.13 bits per heavy atom. The quantitative estimate of drug-likeness (QED) is 0.798. The highest BCUT2D eigenvalue weighted by Gasteiger charge is 2.34. The first kappa shape index (κ1) is 18.0. The van der Waals surface area contributed by atoms with Crippen LogP contribution in [0.3, 0.4) is 0 Å². The molecule has 6 nitrogen and oxygen atoms in total. The molecule has 23 heavy (non-hydrogen) atoms. The summed E-state index contributed by atoms with van der Waals surface area (Å²) >= 11 is 0. The van der Waals surface area contributed by atoms with Crippen molar-refractivity contribution in [2.24, 2.45) is 5.92 Å². The zero-order chi connectivity index (χ0) is 17.2. The zero-order valence-electron chi connectivity index (χ0n) is 15.0. The summed E-state index contributed by atoms with van der Waals surface area (Å²) in [5, 5.41) is 0.